The number of hydrogen-bond acceptors (Lipinski definition) is 2. The first kappa shape index (κ1) is 15.2. The Bertz CT molecular complexity index is 325. The molecule has 0 fully saturated rings. The summed E-state index contributed by atoms with van der Waals surface area (Å²) in [5.74, 6) is 0.636. The molecule has 4 unspecified atom stereocenters. The number of aliphatic hydroxyl groups is 1. The average Bonchev–Trinajstić information content (AvgIpc) is 2.38. The molecule has 0 heterocycles. The van der Waals surface area contributed by atoms with E-state index < -0.39 is 0 Å². The maximum atomic E-state index is 10.2. The van der Waals surface area contributed by atoms with Crippen molar-refractivity contribution in [1.29, 1.82) is 0 Å². The number of benzene rings is 1. The normalized spacial score (nSPS) is 18.1. The monoisotopic (exact) mass is 249 g/mol. The fourth-order valence-electron chi connectivity index (χ4n) is 2.08. The zero-order valence-electron chi connectivity index (χ0n) is 12.1. The first-order valence-electron chi connectivity index (χ1n) is 7.02. The van der Waals surface area contributed by atoms with Crippen molar-refractivity contribution in [3.8, 4) is 0 Å². The highest BCUT2D eigenvalue weighted by Gasteiger charge is 2.18. The van der Waals surface area contributed by atoms with Gasteiger partial charge in [0.05, 0.1) is 6.10 Å². The Balaban J connectivity index is 2.44. The van der Waals surface area contributed by atoms with E-state index in [1.54, 1.807) is 0 Å². The van der Waals surface area contributed by atoms with Crippen LogP contribution in [0.4, 0.5) is 0 Å². The molecule has 0 aromatic heterocycles. The molecule has 0 aliphatic carbocycles. The van der Waals surface area contributed by atoms with Crippen LogP contribution in [0.5, 0.6) is 0 Å². The Labute approximate surface area is 111 Å². The van der Waals surface area contributed by atoms with Crippen molar-refractivity contribution >= 4 is 0 Å². The molecule has 18 heavy (non-hydrogen) atoms. The van der Waals surface area contributed by atoms with Gasteiger partial charge >= 0.3 is 0 Å². The molecule has 0 spiro atoms. The molecule has 2 heteroatoms. The van der Waals surface area contributed by atoms with Crippen LogP contribution >= 0.6 is 0 Å². The second-order valence-corrected chi connectivity index (χ2v) is 5.39. The molecule has 0 amide bonds. The lowest BCUT2D eigenvalue weighted by Gasteiger charge is -2.27. The first-order valence-corrected chi connectivity index (χ1v) is 7.02. The molecule has 1 aromatic rings. The van der Waals surface area contributed by atoms with E-state index in [1.165, 1.54) is 5.56 Å². The third-order valence-electron chi connectivity index (χ3n) is 3.89. The van der Waals surface area contributed by atoms with E-state index >= 15 is 0 Å². The van der Waals surface area contributed by atoms with Crippen molar-refractivity contribution in [3.63, 3.8) is 0 Å². The molecule has 0 aliphatic rings. The number of rotatable bonds is 7. The predicted molar refractivity (Wildman–Crippen MR) is 77.7 cm³/mol. The molecule has 1 aromatic carbocycles. The molecular weight excluding hydrogens is 222 g/mol. The highest BCUT2D eigenvalue weighted by Crippen LogP contribution is 2.10. The second-order valence-electron chi connectivity index (χ2n) is 5.39. The van der Waals surface area contributed by atoms with Gasteiger partial charge < -0.3 is 10.4 Å². The zero-order chi connectivity index (χ0) is 13.5. The maximum absolute atomic E-state index is 10.2. The fourth-order valence-corrected chi connectivity index (χ4v) is 2.08. The van der Waals surface area contributed by atoms with Crippen LogP contribution in [0.25, 0.3) is 0 Å². The van der Waals surface area contributed by atoms with Crippen molar-refractivity contribution < 1.29 is 5.11 Å². The Morgan fingerprint density at radius 3 is 2.22 bits per heavy atom. The van der Waals surface area contributed by atoms with Crippen LogP contribution in [0.15, 0.2) is 30.3 Å². The first-order chi connectivity index (χ1) is 8.54. The van der Waals surface area contributed by atoms with Crippen LogP contribution in [0.2, 0.25) is 0 Å². The van der Waals surface area contributed by atoms with E-state index in [4.69, 9.17) is 0 Å². The fraction of sp³-hybridized carbons (Fsp3) is 0.625. The summed E-state index contributed by atoms with van der Waals surface area (Å²) in [6.45, 7) is 8.70. The number of nitrogens with one attached hydrogen (secondary N) is 1. The van der Waals surface area contributed by atoms with Gasteiger partial charge in [0, 0.05) is 12.1 Å². The quantitative estimate of drug-likeness (QED) is 0.778. The summed E-state index contributed by atoms with van der Waals surface area (Å²) in [5.41, 5.74) is 1.19. The third-order valence-corrected chi connectivity index (χ3v) is 3.89. The largest absolute Gasteiger partial charge is 0.391 e. The van der Waals surface area contributed by atoms with Gasteiger partial charge in [0.2, 0.25) is 0 Å². The molecule has 0 aliphatic heterocycles. The van der Waals surface area contributed by atoms with Crippen molar-refractivity contribution in [1.82, 2.24) is 5.32 Å². The standard InChI is InChI=1S/C16H27NO/c1-5-12(2)13(3)17-14(4)16(18)11-15-9-7-6-8-10-15/h6-10,12-14,16-18H,5,11H2,1-4H3. The van der Waals surface area contributed by atoms with Crippen LogP contribution in [-0.4, -0.2) is 23.3 Å². The molecule has 0 bridgehead atoms. The van der Waals surface area contributed by atoms with E-state index in [1.807, 2.05) is 18.2 Å². The Kier molecular flexibility index (Phi) is 6.37. The smallest absolute Gasteiger partial charge is 0.0730 e. The van der Waals surface area contributed by atoms with Crippen molar-refractivity contribution in [2.45, 2.75) is 58.7 Å². The van der Waals surface area contributed by atoms with Crippen LogP contribution in [0.1, 0.15) is 39.7 Å². The lowest BCUT2D eigenvalue weighted by Crippen LogP contribution is -2.45. The summed E-state index contributed by atoms with van der Waals surface area (Å²) >= 11 is 0. The van der Waals surface area contributed by atoms with Crippen molar-refractivity contribution in [2.24, 2.45) is 5.92 Å². The molecule has 2 nitrogen and oxygen atoms in total. The topological polar surface area (TPSA) is 32.3 Å². The van der Waals surface area contributed by atoms with Crippen LogP contribution < -0.4 is 5.32 Å². The molecular formula is C16H27NO. The SMILES string of the molecule is CCC(C)C(C)NC(C)C(O)Cc1ccccc1. The Morgan fingerprint density at radius 1 is 1.06 bits per heavy atom. The van der Waals surface area contributed by atoms with E-state index in [-0.39, 0.29) is 12.1 Å². The third kappa shape index (κ3) is 4.79. The molecule has 1 rings (SSSR count). The van der Waals surface area contributed by atoms with Crippen molar-refractivity contribution in [2.75, 3.05) is 0 Å². The highest BCUT2D eigenvalue weighted by molar-refractivity contribution is 5.15. The summed E-state index contributed by atoms with van der Waals surface area (Å²) in [4.78, 5) is 0. The summed E-state index contributed by atoms with van der Waals surface area (Å²) in [6, 6.07) is 10.7. The molecule has 2 N–H and O–H groups in total. The van der Waals surface area contributed by atoms with Crippen LogP contribution in [-0.2, 0) is 6.42 Å². The molecule has 0 saturated carbocycles. The summed E-state index contributed by atoms with van der Waals surface area (Å²) < 4.78 is 0. The minimum absolute atomic E-state index is 0.120. The molecule has 102 valence electrons. The lowest BCUT2D eigenvalue weighted by atomic mass is 9.97. The Hall–Kier alpha value is -0.860. The summed E-state index contributed by atoms with van der Waals surface area (Å²) in [6.07, 6.45) is 1.54. The predicted octanol–water partition coefficient (Wildman–Crippen LogP) is 3.00. The van der Waals surface area contributed by atoms with Crippen molar-refractivity contribution in [3.05, 3.63) is 35.9 Å². The van der Waals surface area contributed by atoms with Gasteiger partial charge in [-0.05, 0) is 31.7 Å². The summed E-state index contributed by atoms with van der Waals surface area (Å²) in [5, 5.41) is 13.7. The van der Waals surface area contributed by atoms with Gasteiger partial charge in [0.25, 0.3) is 0 Å². The summed E-state index contributed by atoms with van der Waals surface area (Å²) in [7, 11) is 0. The van der Waals surface area contributed by atoms with Gasteiger partial charge in [-0.15, -0.1) is 0 Å². The van der Waals surface area contributed by atoms with E-state index in [0.717, 1.165) is 6.42 Å². The van der Waals surface area contributed by atoms with Gasteiger partial charge in [-0.25, -0.2) is 0 Å². The molecule has 0 saturated heterocycles. The minimum atomic E-state index is -0.334. The Morgan fingerprint density at radius 2 is 1.67 bits per heavy atom. The van der Waals surface area contributed by atoms with Crippen LogP contribution in [0.3, 0.4) is 0 Å². The van der Waals surface area contributed by atoms with E-state index in [2.05, 4.69) is 45.1 Å². The lowest BCUT2D eigenvalue weighted by molar-refractivity contribution is 0.124. The van der Waals surface area contributed by atoms with Gasteiger partial charge in [-0.2, -0.15) is 0 Å². The van der Waals surface area contributed by atoms with E-state index in [0.29, 0.717) is 18.4 Å². The van der Waals surface area contributed by atoms with Gasteiger partial charge in [-0.3, -0.25) is 0 Å². The van der Waals surface area contributed by atoms with Gasteiger partial charge in [-0.1, -0.05) is 50.6 Å². The van der Waals surface area contributed by atoms with Gasteiger partial charge in [0.15, 0.2) is 0 Å². The maximum Gasteiger partial charge on any atom is 0.0730 e. The zero-order valence-corrected chi connectivity index (χ0v) is 12.1. The van der Waals surface area contributed by atoms with E-state index in [9.17, 15) is 5.11 Å². The highest BCUT2D eigenvalue weighted by atomic mass is 16.3. The second kappa shape index (κ2) is 7.55. The minimum Gasteiger partial charge on any atom is -0.391 e. The van der Waals surface area contributed by atoms with Crippen LogP contribution in [0, 0.1) is 5.92 Å². The molecule has 0 radical (unpaired) electrons. The average molecular weight is 249 g/mol. The number of aliphatic hydroxyl groups excluding tert-OH is 1. The number of hydrogen-bond donors (Lipinski definition) is 2. The van der Waals surface area contributed by atoms with Gasteiger partial charge in [0.1, 0.15) is 0 Å². The molecule has 4 atom stereocenters.